The average Bonchev–Trinajstić information content (AvgIpc) is 4.23. The van der Waals surface area contributed by atoms with Crippen LogP contribution in [0.5, 0.6) is 0 Å². The van der Waals surface area contributed by atoms with Crippen LogP contribution in [-0.2, 0) is 44.8 Å². The third-order valence-electron chi connectivity index (χ3n) is 13.5. The number of rotatable bonds is 10. The van der Waals surface area contributed by atoms with E-state index in [4.69, 9.17) is 11.5 Å². The Bertz CT molecular complexity index is 2730. The summed E-state index contributed by atoms with van der Waals surface area (Å²) in [7, 11) is 0. The largest absolute Gasteiger partial charge is 0.370 e. The molecule has 3 fully saturated rings. The highest BCUT2D eigenvalue weighted by molar-refractivity contribution is 7.23. The van der Waals surface area contributed by atoms with Crippen molar-refractivity contribution in [2.24, 2.45) is 17.4 Å². The highest BCUT2D eigenvalue weighted by Crippen LogP contribution is 2.37. The quantitative estimate of drug-likeness (QED) is 0.107. The first-order valence-electron chi connectivity index (χ1n) is 24.2. The lowest BCUT2D eigenvalue weighted by Gasteiger charge is -2.35. The molecule has 8 rings (SSSR count). The predicted octanol–water partition coefficient (Wildman–Crippen LogP) is 3.69. The van der Waals surface area contributed by atoms with Crippen LogP contribution in [0.3, 0.4) is 0 Å². The molecule has 19 nitrogen and oxygen atoms in total. The van der Waals surface area contributed by atoms with Crippen molar-refractivity contribution in [1.29, 1.82) is 0 Å². The molecule has 9 N–H and O–H groups in total. The minimum atomic E-state index is -1.28. The van der Waals surface area contributed by atoms with Crippen molar-refractivity contribution < 1.29 is 38.4 Å². The number of carbonyl (C=O) groups excluding carboxylic acids is 8. The molecule has 0 spiro atoms. The van der Waals surface area contributed by atoms with Gasteiger partial charge >= 0.3 is 0 Å². The number of amides is 8. The maximum Gasteiger partial charge on any atom is 0.246 e. The van der Waals surface area contributed by atoms with Gasteiger partial charge in [0.15, 0.2) is 0 Å². The Morgan fingerprint density at radius 3 is 2.28 bits per heavy atom. The fraction of sp³-hybridized carbons (Fsp3) is 0.469. The van der Waals surface area contributed by atoms with Crippen LogP contribution < -0.4 is 38.1 Å². The van der Waals surface area contributed by atoms with Crippen molar-refractivity contribution in [3.05, 3.63) is 71.1 Å². The third-order valence-corrected chi connectivity index (χ3v) is 16.7. The second kappa shape index (κ2) is 23.6. The van der Waals surface area contributed by atoms with Crippen LogP contribution in [0.25, 0.3) is 30.4 Å². The third kappa shape index (κ3) is 12.9. The van der Waals surface area contributed by atoms with Gasteiger partial charge in [-0.15, -0.1) is 39.1 Å². The lowest BCUT2D eigenvalue weighted by molar-refractivity contribution is -0.144. The van der Waals surface area contributed by atoms with E-state index in [1.54, 1.807) is 33.6 Å². The molecular formula is C49H59N11O8S3. The Morgan fingerprint density at radius 1 is 0.746 bits per heavy atom. The molecule has 71 heavy (non-hydrogen) atoms. The van der Waals surface area contributed by atoms with Gasteiger partial charge in [-0.25, -0.2) is 4.68 Å². The summed E-state index contributed by atoms with van der Waals surface area (Å²) < 4.78 is 2.62. The fourth-order valence-corrected chi connectivity index (χ4v) is 12.4. The number of nitrogens with two attached hydrogens (primary N) is 2. The summed E-state index contributed by atoms with van der Waals surface area (Å²) in [4.78, 5) is 115. The molecule has 0 bridgehead atoms. The summed E-state index contributed by atoms with van der Waals surface area (Å²) in [6.45, 7) is 0.201. The van der Waals surface area contributed by atoms with Crippen LogP contribution in [0.4, 0.5) is 0 Å². The zero-order valence-electron chi connectivity index (χ0n) is 39.1. The van der Waals surface area contributed by atoms with Gasteiger partial charge in [0.25, 0.3) is 0 Å². The summed E-state index contributed by atoms with van der Waals surface area (Å²) in [6, 6.07) is 9.22. The zero-order chi connectivity index (χ0) is 50.0. The van der Waals surface area contributed by atoms with Crippen molar-refractivity contribution in [2.45, 2.75) is 126 Å². The van der Waals surface area contributed by atoms with Crippen molar-refractivity contribution in [3.8, 4) is 20.3 Å². The number of hydrogen-bond acceptors (Lipinski definition) is 13. The highest BCUT2D eigenvalue weighted by Gasteiger charge is 2.46. The Labute approximate surface area is 422 Å². The lowest BCUT2D eigenvalue weighted by Crippen LogP contribution is -2.60. The molecular weight excluding hydrogens is 967 g/mol. The molecule has 5 aromatic rings. The van der Waals surface area contributed by atoms with E-state index in [0.717, 1.165) is 49.5 Å². The topological polar surface area (TPSA) is 283 Å². The van der Waals surface area contributed by atoms with E-state index in [1.165, 1.54) is 16.2 Å². The van der Waals surface area contributed by atoms with Crippen LogP contribution in [0.2, 0.25) is 0 Å². The molecule has 0 unspecified atom stereocenters. The summed E-state index contributed by atoms with van der Waals surface area (Å²) in [5.41, 5.74) is 12.7. The van der Waals surface area contributed by atoms with Crippen LogP contribution >= 0.6 is 34.0 Å². The second-order valence-electron chi connectivity index (χ2n) is 18.5. The average molecular weight is 1030 g/mol. The maximum atomic E-state index is 15.4. The van der Waals surface area contributed by atoms with Gasteiger partial charge in [0, 0.05) is 59.6 Å². The molecule has 6 atom stereocenters. The number of benzene rings is 1. The Kier molecular flexibility index (Phi) is 16.9. The molecule has 1 aliphatic carbocycles. The first kappa shape index (κ1) is 50.9. The number of thiophene rings is 3. The van der Waals surface area contributed by atoms with E-state index in [-0.39, 0.29) is 64.0 Å². The molecule has 3 aliphatic rings. The molecule has 8 amide bonds. The summed E-state index contributed by atoms with van der Waals surface area (Å²) in [6.07, 6.45) is 5.67. The van der Waals surface area contributed by atoms with Crippen LogP contribution in [0.15, 0.2) is 65.5 Å². The molecule has 6 heterocycles. The standard InChI is InChI=1S/C49H59N11O8S3/c50-41(61)18-15-33-46(65)56-44(28-9-2-1-3-10-28)49(68)59-25-30(60-26-35(57-58-60)38-16-17-40(71-38)39-14-8-22-69-39)24-36(59)48(67)55-34(23-29-27-70-37-13-5-4-11-31(29)37)47(66)54-32(45(51)64)12-6-7-21-52-42(62)19-20-43(63)53-33/h4-5,8,11,13-14,16-17,22,26-28,30,32-34,36,44H,1-3,6-7,9-10,12,15,18-21,23-25H2,(H2,50,61)(H2,51,64)(H,52,62)(H,53,63)(H,54,66)(H,55,67)(H,56,65)/t30-,32-,33-,34-,36-,44-/m0/s1. The number of nitrogens with one attached hydrogen (secondary N) is 5. The van der Waals surface area contributed by atoms with E-state index in [2.05, 4.69) is 36.9 Å². The molecule has 4 aromatic heterocycles. The minimum absolute atomic E-state index is 0.0105. The molecule has 2 saturated heterocycles. The van der Waals surface area contributed by atoms with Gasteiger partial charge in [0.05, 0.1) is 17.1 Å². The van der Waals surface area contributed by atoms with Crippen molar-refractivity contribution in [2.75, 3.05) is 13.1 Å². The number of fused-ring (bicyclic) bond motifs is 2. The molecule has 376 valence electrons. The molecule has 1 aromatic carbocycles. The number of carbonyl (C=O) groups is 8. The van der Waals surface area contributed by atoms with Crippen LogP contribution in [-0.4, -0.2) is 110 Å². The van der Waals surface area contributed by atoms with E-state index in [0.29, 0.717) is 31.4 Å². The minimum Gasteiger partial charge on any atom is -0.370 e. The normalized spacial score (nSPS) is 24.1. The number of hydrogen-bond donors (Lipinski definition) is 7. The smallest absolute Gasteiger partial charge is 0.246 e. The predicted molar refractivity (Wildman–Crippen MR) is 269 cm³/mol. The summed E-state index contributed by atoms with van der Waals surface area (Å²) in [5.74, 6) is -5.41. The fourth-order valence-electron chi connectivity index (χ4n) is 9.66. The summed E-state index contributed by atoms with van der Waals surface area (Å²) >= 11 is 4.69. The van der Waals surface area contributed by atoms with Crippen molar-refractivity contribution in [3.63, 3.8) is 0 Å². The Hall–Kier alpha value is -6.52. The second-order valence-corrected chi connectivity index (χ2v) is 21.4. The number of aromatic nitrogens is 3. The van der Waals surface area contributed by atoms with Gasteiger partial charge < -0.3 is 43.0 Å². The molecule has 0 radical (unpaired) electrons. The van der Waals surface area contributed by atoms with Crippen molar-refractivity contribution >= 4 is 91.4 Å². The SMILES string of the molecule is NC(=O)CC[C@@H]1NC(=O)CCC(=O)NCCCC[C@@H](C(N)=O)NC(=O)[C@H](Cc2csc3ccccc23)NC(=O)[C@@H]2C[C@H](n3cc(-c4ccc(-c5cccs5)s4)nn3)CN2C(=O)[C@H](C2CCCCC2)NC1=O. The van der Waals surface area contributed by atoms with E-state index >= 15 is 9.59 Å². The monoisotopic (exact) mass is 1030 g/mol. The molecule has 2 aliphatic heterocycles. The van der Waals surface area contributed by atoms with Crippen molar-refractivity contribution in [1.82, 2.24) is 46.5 Å². The van der Waals surface area contributed by atoms with Crippen LogP contribution in [0, 0.1) is 5.92 Å². The first-order chi connectivity index (χ1) is 34.3. The zero-order valence-corrected chi connectivity index (χ0v) is 41.6. The van der Waals surface area contributed by atoms with Gasteiger partial charge in [-0.2, -0.15) is 0 Å². The van der Waals surface area contributed by atoms with Crippen LogP contribution in [0.1, 0.15) is 95.1 Å². The molecule has 22 heteroatoms. The van der Waals surface area contributed by atoms with Gasteiger partial charge in [0.2, 0.25) is 47.3 Å². The number of primary amides is 2. The van der Waals surface area contributed by atoms with Gasteiger partial charge in [-0.3, -0.25) is 38.4 Å². The lowest BCUT2D eigenvalue weighted by atomic mass is 9.83. The first-order valence-corrected chi connectivity index (χ1v) is 26.7. The highest BCUT2D eigenvalue weighted by atomic mass is 32.1. The Morgan fingerprint density at radius 2 is 1.51 bits per heavy atom. The van der Waals surface area contributed by atoms with E-state index in [9.17, 15) is 28.8 Å². The summed E-state index contributed by atoms with van der Waals surface area (Å²) in [5, 5.41) is 27.9. The van der Waals surface area contributed by atoms with E-state index < -0.39 is 83.5 Å². The maximum absolute atomic E-state index is 15.4. The van der Waals surface area contributed by atoms with Gasteiger partial charge in [-0.05, 0) is 90.4 Å². The molecule has 1 saturated carbocycles. The van der Waals surface area contributed by atoms with E-state index in [1.807, 2.05) is 59.3 Å². The number of nitrogens with zero attached hydrogens (tertiary/aromatic N) is 4. The van der Waals surface area contributed by atoms with Gasteiger partial charge in [-0.1, -0.05) is 48.7 Å². The van der Waals surface area contributed by atoms with Gasteiger partial charge in [0.1, 0.15) is 35.9 Å². The Balaban J connectivity index is 1.15.